The Hall–Kier alpha value is -0.740. The average molecular weight is 205 g/mol. The van der Waals surface area contributed by atoms with Crippen LogP contribution in [0.3, 0.4) is 0 Å². The van der Waals surface area contributed by atoms with Gasteiger partial charge in [-0.15, -0.1) is 5.73 Å². The van der Waals surface area contributed by atoms with Crippen LogP contribution in [0.25, 0.3) is 0 Å². The molecule has 0 N–H and O–H groups in total. The lowest BCUT2D eigenvalue weighted by molar-refractivity contribution is 0.600. The molecule has 0 aromatic heterocycles. The lowest BCUT2D eigenvalue weighted by Gasteiger charge is -1.98. The second-order valence-electron chi connectivity index (χ2n) is 3.95. The van der Waals surface area contributed by atoms with Crippen molar-refractivity contribution in [2.75, 3.05) is 0 Å². The summed E-state index contributed by atoms with van der Waals surface area (Å²) in [5, 5.41) is 0. The maximum Gasteiger partial charge on any atom is -0.0126 e. The molecule has 0 fully saturated rings. The highest BCUT2D eigenvalue weighted by Crippen LogP contribution is 2.09. The van der Waals surface area contributed by atoms with Gasteiger partial charge in [-0.3, -0.25) is 0 Å². The molecule has 0 unspecified atom stereocenters. The summed E-state index contributed by atoms with van der Waals surface area (Å²) in [6, 6.07) is 0. The van der Waals surface area contributed by atoms with Crippen molar-refractivity contribution in [1.82, 2.24) is 0 Å². The van der Waals surface area contributed by atoms with Gasteiger partial charge in [0, 0.05) is 0 Å². The number of unbranched alkanes of at least 4 members (excludes halogenated alkanes) is 7. The zero-order chi connectivity index (χ0) is 11.2. The molecule has 0 rings (SSSR count). The van der Waals surface area contributed by atoms with E-state index >= 15 is 0 Å². The van der Waals surface area contributed by atoms with Crippen LogP contribution in [0.5, 0.6) is 0 Å². The van der Waals surface area contributed by atoms with E-state index in [-0.39, 0.29) is 0 Å². The molecule has 0 nitrogen and oxygen atoms in total. The van der Waals surface area contributed by atoms with Gasteiger partial charge >= 0.3 is 0 Å². The molecule has 85 valence electrons. The van der Waals surface area contributed by atoms with Gasteiger partial charge in [-0.05, 0) is 44.8 Å². The van der Waals surface area contributed by atoms with Crippen molar-refractivity contribution in [2.45, 2.75) is 64.7 Å². The van der Waals surface area contributed by atoms with Gasteiger partial charge in [0.15, 0.2) is 0 Å². The molecule has 15 heavy (non-hydrogen) atoms. The minimum Gasteiger partial charge on any atom is -0.125 e. The van der Waals surface area contributed by atoms with E-state index in [1.54, 1.807) is 0 Å². The molecule has 0 aliphatic heterocycles. The highest BCUT2D eigenvalue weighted by Gasteiger charge is 1.89. The Morgan fingerprint density at radius 2 is 1.47 bits per heavy atom. The predicted octanol–water partition coefficient (Wildman–Crippen LogP) is 5.22. The highest BCUT2D eigenvalue weighted by molar-refractivity contribution is 4.79. The Kier molecular flexibility index (Phi) is 12.6. The molecule has 0 saturated carbocycles. The molecule has 0 aliphatic rings. The summed E-state index contributed by atoms with van der Waals surface area (Å²) < 4.78 is 0. The highest BCUT2D eigenvalue weighted by atomic mass is 14.0. The molecule has 0 saturated heterocycles. The molecule has 1 radical (unpaired) electrons. The van der Waals surface area contributed by atoms with Gasteiger partial charge in [-0.1, -0.05) is 44.8 Å². The Bertz CT molecular complexity index is 182. The first-order valence-corrected chi connectivity index (χ1v) is 6.34. The Morgan fingerprint density at radius 3 is 2.07 bits per heavy atom. The second kappa shape index (κ2) is 13.3. The van der Waals surface area contributed by atoms with Crippen LogP contribution in [-0.4, -0.2) is 0 Å². The molecule has 0 bridgehead atoms. The smallest absolute Gasteiger partial charge is 0.0126 e. The van der Waals surface area contributed by atoms with Crippen molar-refractivity contribution in [3.05, 3.63) is 30.5 Å². The molecule has 0 amide bonds. The van der Waals surface area contributed by atoms with Gasteiger partial charge in [0.05, 0.1) is 0 Å². The standard InChI is InChI=1S/C15H25/c1-3-5-7-9-11-13-15-14-12-10-8-6-4-2/h1,5-6,8H,4,7,9-15H2,2H3. The van der Waals surface area contributed by atoms with Crippen LogP contribution in [0.2, 0.25) is 0 Å². The molecule has 0 aromatic rings. The monoisotopic (exact) mass is 205 g/mol. The van der Waals surface area contributed by atoms with Crippen molar-refractivity contribution in [1.29, 1.82) is 0 Å². The van der Waals surface area contributed by atoms with Gasteiger partial charge in [0.1, 0.15) is 0 Å². The van der Waals surface area contributed by atoms with E-state index < -0.39 is 0 Å². The zero-order valence-corrected chi connectivity index (χ0v) is 10.2. The van der Waals surface area contributed by atoms with E-state index in [1.165, 1.54) is 51.4 Å². The van der Waals surface area contributed by atoms with Crippen LogP contribution in [0.15, 0.2) is 24.0 Å². The first-order chi connectivity index (χ1) is 7.41. The summed E-state index contributed by atoms with van der Waals surface area (Å²) in [6.07, 6.45) is 18.1. The maximum absolute atomic E-state index is 5.14. The van der Waals surface area contributed by atoms with Crippen LogP contribution < -0.4 is 0 Å². The third kappa shape index (κ3) is 13.3. The summed E-state index contributed by atoms with van der Waals surface area (Å²) in [6.45, 7) is 7.32. The Balaban J connectivity index is 2.98. The molecule has 0 spiro atoms. The second-order valence-corrected chi connectivity index (χ2v) is 3.95. The van der Waals surface area contributed by atoms with E-state index in [2.05, 4.69) is 24.8 Å². The first-order valence-electron chi connectivity index (χ1n) is 6.34. The number of hydrogen-bond donors (Lipinski definition) is 0. The number of hydrogen-bond acceptors (Lipinski definition) is 0. The maximum atomic E-state index is 5.14. The molecular weight excluding hydrogens is 180 g/mol. The number of allylic oxidation sites excluding steroid dienone is 3. The topological polar surface area (TPSA) is 0 Å². The van der Waals surface area contributed by atoms with E-state index in [0.29, 0.717) is 0 Å². The Labute approximate surface area is 95.8 Å². The third-order valence-corrected chi connectivity index (χ3v) is 2.49. The van der Waals surface area contributed by atoms with Crippen LogP contribution >= 0.6 is 0 Å². The fraction of sp³-hybridized carbons (Fsp3) is 0.667. The van der Waals surface area contributed by atoms with Crippen LogP contribution in [0.4, 0.5) is 0 Å². The molecule has 0 atom stereocenters. The quantitative estimate of drug-likeness (QED) is 0.261. The van der Waals surface area contributed by atoms with E-state index in [0.717, 1.165) is 6.42 Å². The largest absolute Gasteiger partial charge is 0.125 e. The number of rotatable bonds is 10. The fourth-order valence-corrected chi connectivity index (χ4v) is 1.58. The van der Waals surface area contributed by atoms with Crippen molar-refractivity contribution < 1.29 is 0 Å². The lowest BCUT2D eigenvalue weighted by Crippen LogP contribution is -1.79. The van der Waals surface area contributed by atoms with Gasteiger partial charge < -0.3 is 0 Å². The summed E-state index contributed by atoms with van der Waals surface area (Å²) in [5.41, 5.74) is 2.57. The molecule has 0 heterocycles. The van der Waals surface area contributed by atoms with E-state index in [1.807, 2.05) is 6.08 Å². The van der Waals surface area contributed by atoms with Crippen LogP contribution in [0.1, 0.15) is 64.7 Å². The van der Waals surface area contributed by atoms with Crippen LogP contribution in [-0.2, 0) is 0 Å². The van der Waals surface area contributed by atoms with E-state index in [4.69, 9.17) is 6.58 Å². The van der Waals surface area contributed by atoms with Gasteiger partial charge in [0.2, 0.25) is 0 Å². The minimum absolute atomic E-state index is 1.09. The van der Waals surface area contributed by atoms with Crippen molar-refractivity contribution in [2.24, 2.45) is 0 Å². The van der Waals surface area contributed by atoms with Gasteiger partial charge in [-0.2, -0.15) is 0 Å². The van der Waals surface area contributed by atoms with Gasteiger partial charge in [0.25, 0.3) is 0 Å². The van der Waals surface area contributed by atoms with Crippen molar-refractivity contribution >= 4 is 0 Å². The predicted molar refractivity (Wildman–Crippen MR) is 68.8 cm³/mol. The molecule has 0 aliphatic carbocycles. The van der Waals surface area contributed by atoms with Crippen molar-refractivity contribution in [3.63, 3.8) is 0 Å². The normalized spacial score (nSPS) is 10.5. The Morgan fingerprint density at radius 1 is 0.867 bits per heavy atom. The van der Waals surface area contributed by atoms with Crippen molar-refractivity contribution in [3.8, 4) is 0 Å². The summed E-state index contributed by atoms with van der Waals surface area (Å²) in [4.78, 5) is 0. The molecule has 0 heteroatoms. The van der Waals surface area contributed by atoms with Crippen LogP contribution in [0, 0.1) is 6.58 Å². The lowest BCUT2D eigenvalue weighted by atomic mass is 10.1. The summed E-state index contributed by atoms with van der Waals surface area (Å²) in [7, 11) is 0. The molecular formula is C15H25. The SMILES string of the molecule is [CH]=C=CCCCCCCCCC=CCC. The fourth-order valence-electron chi connectivity index (χ4n) is 1.58. The average Bonchev–Trinajstić information content (AvgIpc) is 2.26. The zero-order valence-electron chi connectivity index (χ0n) is 10.2. The summed E-state index contributed by atoms with van der Waals surface area (Å²) >= 11 is 0. The first kappa shape index (κ1) is 14.3. The summed E-state index contributed by atoms with van der Waals surface area (Å²) in [5.74, 6) is 0. The molecule has 0 aromatic carbocycles. The van der Waals surface area contributed by atoms with Gasteiger partial charge in [-0.25, -0.2) is 0 Å². The van der Waals surface area contributed by atoms with E-state index in [9.17, 15) is 0 Å². The minimum atomic E-state index is 1.09. The third-order valence-electron chi connectivity index (χ3n) is 2.49.